The van der Waals surface area contributed by atoms with E-state index in [4.69, 9.17) is 0 Å². The van der Waals surface area contributed by atoms with Crippen molar-refractivity contribution in [3.8, 4) is 0 Å². The van der Waals surface area contributed by atoms with Crippen molar-refractivity contribution in [2.45, 2.75) is 13.0 Å². The molecule has 0 unspecified atom stereocenters. The van der Waals surface area contributed by atoms with Crippen molar-refractivity contribution in [1.82, 2.24) is 19.8 Å². The lowest BCUT2D eigenvalue weighted by Gasteiger charge is -2.34. The molecule has 2 aromatic heterocycles. The summed E-state index contributed by atoms with van der Waals surface area (Å²) in [4.78, 5) is 25.6. The van der Waals surface area contributed by atoms with Gasteiger partial charge in [-0.2, -0.15) is 0 Å². The summed E-state index contributed by atoms with van der Waals surface area (Å²) in [7, 11) is 0. The number of hydrogen-bond donors (Lipinski definition) is 0. The molecule has 132 valence electrons. The average Bonchev–Trinajstić information content (AvgIpc) is 2.69. The number of carbonyl (C=O) groups is 1. The summed E-state index contributed by atoms with van der Waals surface area (Å²) in [6.45, 7) is 4.20. The van der Waals surface area contributed by atoms with Gasteiger partial charge in [0, 0.05) is 56.2 Å². The molecule has 5 nitrogen and oxygen atoms in total. The molecule has 1 saturated heterocycles. The standard InChI is InChI=1S/C21H22N4O/c26-21(14-19-6-3-4-8-22-19)25-11-9-24(10-12-25)16-17-13-18-5-1-2-7-20(18)23-15-17/h1-8,13,15H,9-12,14,16H2. The van der Waals surface area contributed by atoms with Crippen LogP contribution in [0, 0.1) is 0 Å². The highest BCUT2D eigenvalue weighted by Crippen LogP contribution is 2.15. The fraction of sp³-hybridized carbons (Fsp3) is 0.286. The number of benzene rings is 1. The maximum atomic E-state index is 12.4. The molecule has 1 aliphatic heterocycles. The van der Waals surface area contributed by atoms with Gasteiger partial charge >= 0.3 is 0 Å². The maximum absolute atomic E-state index is 12.4. The summed E-state index contributed by atoms with van der Waals surface area (Å²) in [5, 5.41) is 1.18. The van der Waals surface area contributed by atoms with Crippen LogP contribution in [0.1, 0.15) is 11.3 Å². The highest BCUT2D eigenvalue weighted by atomic mass is 16.2. The van der Waals surface area contributed by atoms with E-state index in [1.165, 1.54) is 10.9 Å². The predicted molar refractivity (Wildman–Crippen MR) is 102 cm³/mol. The van der Waals surface area contributed by atoms with Gasteiger partial charge in [-0.1, -0.05) is 24.3 Å². The van der Waals surface area contributed by atoms with Gasteiger partial charge in [-0.15, -0.1) is 0 Å². The number of nitrogens with zero attached hydrogens (tertiary/aromatic N) is 4. The fourth-order valence-electron chi connectivity index (χ4n) is 3.39. The molecule has 0 N–H and O–H groups in total. The van der Waals surface area contributed by atoms with Gasteiger partial charge in [0.25, 0.3) is 0 Å². The molecule has 0 spiro atoms. The largest absolute Gasteiger partial charge is 0.340 e. The number of amides is 1. The number of pyridine rings is 2. The summed E-state index contributed by atoms with van der Waals surface area (Å²) >= 11 is 0. The van der Waals surface area contributed by atoms with Crippen molar-refractivity contribution < 1.29 is 4.79 Å². The van der Waals surface area contributed by atoms with Gasteiger partial charge in [-0.3, -0.25) is 19.7 Å². The van der Waals surface area contributed by atoms with Gasteiger partial charge in [0.1, 0.15) is 0 Å². The van der Waals surface area contributed by atoms with E-state index in [9.17, 15) is 4.79 Å². The quantitative estimate of drug-likeness (QED) is 0.728. The van der Waals surface area contributed by atoms with Crippen LogP contribution in [0.2, 0.25) is 0 Å². The Morgan fingerprint density at radius 1 is 0.962 bits per heavy atom. The lowest BCUT2D eigenvalue weighted by Crippen LogP contribution is -2.48. The second-order valence-corrected chi connectivity index (χ2v) is 6.69. The lowest BCUT2D eigenvalue weighted by atomic mass is 10.1. The van der Waals surface area contributed by atoms with Gasteiger partial charge in [0.2, 0.25) is 5.91 Å². The van der Waals surface area contributed by atoms with Crippen LogP contribution in [-0.2, 0) is 17.8 Å². The van der Waals surface area contributed by atoms with Crippen LogP contribution >= 0.6 is 0 Å². The van der Waals surface area contributed by atoms with Gasteiger partial charge in [-0.05, 0) is 29.8 Å². The van der Waals surface area contributed by atoms with E-state index in [2.05, 4.69) is 27.0 Å². The van der Waals surface area contributed by atoms with E-state index in [0.29, 0.717) is 6.42 Å². The van der Waals surface area contributed by atoms with Gasteiger partial charge in [0.05, 0.1) is 11.9 Å². The monoisotopic (exact) mass is 346 g/mol. The number of rotatable bonds is 4. The maximum Gasteiger partial charge on any atom is 0.228 e. The first-order valence-corrected chi connectivity index (χ1v) is 9.02. The third kappa shape index (κ3) is 3.89. The molecule has 0 bridgehead atoms. The SMILES string of the molecule is O=C(Cc1ccccn1)N1CCN(Cc2cnc3ccccc3c2)CC1. The van der Waals surface area contributed by atoms with Crippen LogP contribution in [0.3, 0.4) is 0 Å². The molecule has 5 heteroatoms. The molecular formula is C21H22N4O. The molecule has 1 aliphatic rings. The third-order valence-corrected chi connectivity index (χ3v) is 4.84. The molecule has 3 heterocycles. The molecule has 3 aromatic rings. The molecule has 26 heavy (non-hydrogen) atoms. The Balaban J connectivity index is 1.32. The number of piperazine rings is 1. The van der Waals surface area contributed by atoms with Crippen molar-refractivity contribution in [1.29, 1.82) is 0 Å². The van der Waals surface area contributed by atoms with Crippen LogP contribution in [0.5, 0.6) is 0 Å². The minimum absolute atomic E-state index is 0.163. The Morgan fingerprint density at radius 3 is 2.58 bits per heavy atom. The summed E-state index contributed by atoms with van der Waals surface area (Å²) in [5.74, 6) is 0.163. The zero-order valence-corrected chi connectivity index (χ0v) is 14.7. The van der Waals surface area contributed by atoms with Crippen LogP contribution < -0.4 is 0 Å². The molecule has 1 fully saturated rings. The Labute approximate surface area is 153 Å². The highest BCUT2D eigenvalue weighted by molar-refractivity contribution is 5.79. The van der Waals surface area contributed by atoms with Crippen LogP contribution in [0.4, 0.5) is 0 Å². The second-order valence-electron chi connectivity index (χ2n) is 6.69. The van der Waals surface area contributed by atoms with Crippen LogP contribution in [0.15, 0.2) is 60.9 Å². The topological polar surface area (TPSA) is 49.3 Å². The smallest absolute Gasteiger partial charge is 0.228 e. The molecule has 1 aromatic carbocycles. The summed E-state index contributed by atoms with van der Waals surface area (Å²) in [5.41, 5.74) is 3.08. The number of aromatic nitrogens is 2. The Kier molecular flexibility index (Phi) is 4.88. The number of para-hydroxylation sites is 1. The average molecular weight is 346 g/mol. The number of fused-ring (bicyclic) bond motifs is 1. The van der Waals surface area contributed by atoms with Gasteiger partial charge in [-0.25, -0.2) is 0 Å². The Bertz CT molecular complexity index is 889. The fourth-order valence-corrected chi connectivity index (χ4v) is 3.39. The van der Waals surface area contributed by atoms with Gasteiger partial charge in [0.15, 0.2) is 0 Å². The second kappa shape index (κ2) is 7.62. The summed E-state index contributed by atoms with van der Waals surface area (Å²) < 4.78 is 0. The zero-order chi connectivity index (χ0) is 17.8. The number of carbonyl (C=O) groups excluding carboxylic acids is 1. The minimum atomic E-state index is 0.163. The molecule has 0 radical (unpaired) electrons. The summed E-state index contributed by atoms with van der Waals surface area (Å²) in [6.07, 6.45) is 4.08. The molecule has 1 amide bonds. The number of hydrogen-bond acceptors (Lipinski definition) is 4. The molecule has 0 saturated carbocycles. The minimum Gasteiger partial charge on any atom is -0.340 e. The normalized spacial score (nSPS) is 15.3. The molecule has 0 aliphatic carbocycles. The molecule has 0 atom stereocenters. The van der Waals surface area contributed by atoms with E-state index in [0.717, 1.165) is 43.9 Å². The lowest BCUT2D eigenvalue weighted by molar-refractivity contribution is -0.132. The first kappa shape index (κ1) is 16.7. The van der Waals surface area contributed by atoms with E-state index in [-0.39, 0.29) is 5.91 Å². The van der Waals surface area contributed by atoms with Gasteiger partial charge < -0.3 is 4.90 Å². The van der Waals surface area contributed by atoms with E-state index in [1.54, 1.807) is 6.20 Å². The Morgan fingerprint density at radius 2 is 1.77 bits per heavy atom. The molecular weight excluding hydrogens is 324 g/mol. The highest BCUT2D eigenvalue weighted by Gasteiger charge is 2.21. The Hall–Kier alpha value is -2.79. The van der Waals surface area contributed by atoms with Crippen molar-refractivity contribution in [2.24, 2.45) is 0 Å². The predicted octanol–water partition coefficient (Wildman–Crippen LogP) is 2.52. The van der Waals surface area contributed by atoms with Crippen molar-refractivity contribution in [2.75, 3.05) is 26.2 Å². The molecule has 4 rings (SSSR count). The van der Waals surface area contributed by atoms with E-state index >= 15 is 0 Å². The van der Waals surface area contributed by atoms with E-state index in [1.807, 2.05) is 47.5 Å². The first-order valence-electron chi connectivity index (χ1n) is 9.02. The van der Waals surface area contributed by atoms with E-state index < -0.39 is 0 Å². The van der Waals surface area contributed by atoms with Crippen molar-refractivity contribution in [3.63, 3.8) is 0 Å². The van der Waals surface area contributed by atoms with Crippen molar-refractivity contribution >= 4 is 16.8 Å². The van der Waals surface area contributed by atoms with Crippen LogP contribution in [-0.4, -0.2) is 51.9 Å². The zero-order valence-electron chi connectivity index (χ0n) is 14.7. The van der Waals surface area contributed by atoms with Crippen molar-refractivity contribution in [3.05, 3.63) is 72.2 Å². The first-order chi connectivity index (χ1) is 12.8. The van der Waals surface area contributed by atoms with Crippen LogP contribution in [0.25, 0.3) is 10.9 Å². The third-order valence-electron chi connectivity index (χ3n) is 4.84. The summed E-state index contributed by atoms with van der Waals surface area (Å²) in [6, 6.07) is 16.1.